The highest BCUT2D eigenvalue weighted by Crippen LogP contribution is 2.26. The first kappa shape index (κ1) is 14.0. The summed E-state index contributed by atoms with van der Waals surface area (Å²) in [5.41, 5.74) is 4.59. The molecule has 2 aromatic carbocycles. The summed E-state index contributed by atoms with van der Waals surface area (Å²) in [5.74, 6) is 1.65. The van der Waals surface area contributed by atoms with Crippen LogP contribution in [0.15, 0.2) is 48.5 Å². The van der Waals surface area contributed by atoms with E-state index in [1.165, 1.54) is 11.1 Å². The maximum Gasteiger partial charge on any atom is 0.181 e. The van der Waals surface area contributed by atoms with Crippen LogP contribution >= 0.6 is 15.9 Å². The molecule has 0 fully saturated rings. The van der Waals surface area contributed by atoms with E-state index in [-0.39, 0.29) is 0 Å². The molecular formula is C17H16BrN3. The first-order chi connectivity index (χ1) is 10.2. The summed E-state index contributed by atoms with van der Waals surface area (Å²) in [5, 5.41) is 5.37. The molecule has 3 rings (SSSR count). The zero-order valence-corrected chi connectivity index (χ0v) is 13.6. The Bertz CT molecular complexity index is 777. The van der Waals surface area contributed by atoms with E-state index in [0.29, 0.717) is 0 Å². The van der Waals surface area contributed by atoms with Gasteiger partial charge in [-0.15, -0.1) is 0 Å². The number of aromatic nitrogens is 3. The van der Waals surface area contributed by atoms with E-state index in [4.69, 9.17) is 4.98 Å². The first-order valence-corrected chi connectivity index (χ1v) is 7.93. The third-order valence-electron chi connectivity index (χ3n) is 3.44. The van der Waals surface area contributed by atoms with Gasteiger partial charge in [-0.1, -0.05) is 64.0 Å². The van der Waals surface area contributed by atoms with Crippen LogP contribution in [0.1, 0.15) is 11.1 Å². The molecule has 0 unspecified atom stereocenters. The Morgan fingerprint density at radius 3 is 2.67 bits per heavy atom. The Balaban J connectivity index is 2.10. The van der Waals surface area contributed by atoms with Crippen LogP contribution in [0.4, 0.5) is 0 Å². The van der Waals surface area contributed by atoms with Gasteiger partial charge in [0.25, 0.3) is 0 Å². The van der Waals surface area contributed by atoms with Crippen LogP contribution in [0.5, 0.6) is 0 Å². The number of alkyl halides is 1. The molecule has 0 N–H and O–H groups in total. The number of nitrogens with zero attached hydrogens (tertiary/aromatic N) is 3. The quantitative estimate of drug-likeness (QED) is 0.663. The molecule has 0 bridgehead atoms. The highest BCUT2D eigenvalue weighted by molar-refractivity contribution is 9.08. The highest BCUT2D eigenvalue weighted by Gasteiger charge is 2.13. The lowest BCUT2D eigenvalue weighted by Gasteiger charge is -2.05. The van der Waals surface area contributed by atoms with Crippen molar-refractivity contribution in [1.82, 2.24) is 14.8 Å². The summed E-state index contributed by atoms with van der Waals surface area (Å²) in [6.45, 7) is 2.08. The normalized spacial score (nSPS) is 10.8. The number of hydrogen-bond donors (Lipinski definition) is 0. The van der Waals surface area contributed by atoms with E-state index in [0.717, 1.165) is 28.1 Å². The van der Waals surface area contributed by atoms with E-state index in [9.17, 15) is 0 Å². The fraction of sp³-hybridized carbons (Fsp3) is 0.176. The van der Waals surface area contributed by atoms with Crippen LogP contribution in [-0.4, -0.2) is 14.8 Å². The number of benzene rings is 2. The predicted molar refractivity (Wildman–Crippen MR) is 89.2 cm³/mol. The first-order valence-electron chi connectivity index (χ1n) is 6.81. The number of aryl methyl sites for hydroxylation is 2. The summed E-state index contributed by atoms with van der Waals surface area (Å²) >= 11 is 3.53. The summed E-state index contributed by atoms with van der Waals surface area (Å²) in [4.78, 5) is 4.73. The summed E-state index contributed by atoms with van der Waals surface area (Å²) in [6.07, 6.45) is 0. The molecule has 4 heteroatoms. The minimum atomic E-state index is 0.764. The van der Waals surface area contributed by atoms with Crippen molar-refractivity contribution in [3.8, 4) is 22.8 Å². The van der Waals surface area contributed by atoms with E-state index in [1.54, 1.807) is 0 Å². The predicted octanol–water partition coefficient (Wildman–Crippen LogP) is 4.35. The van der Waals surface area contributed by atoms with Gasteiger partial charge in [-0.25, -0.2) is 9.67 Å². The van der Waals surface area contributed by atoms with Crippen LogP contribution in [0.3, 0.4) is 0 Å². The van der Waals surface area contributed by atoms with E-state index in [1.807, 2.05) is 36.0 Å². The molecule has 1 heterocycles. The monoisotopic (exact) mass is 341 g/mol. The second kappa shape index (κ2) is 5.82. The van der Waals surface area contributed by atoms with Gasteiger partial charge >= 0.3 is 0 Å². The number of hydrogen-bond acceptors (Lipinski definition) is 2. The van der Waals surface area contributed by atoms with Crippen molar-refractivity contribution >= 4 is 15.9 Å². The number of rotatable bonds is 3. The molecule has 0 aliphatic rings. The fourth-order valence-electron chi connectivity index (χ4n) is 2.38. The minimum Gasteiger partial charge on any atom is -0.248 e. The van der Waals surface area contributed by atoms with Crippen LogP contribution in [0, 0.1) is 6.92 Å². The Labute approximate surface area is 132 Å². The number of halogens is 1. The van der Waals surface area contributed by atoms with Crippen molar-refractivity contribution < 1.29 is 0 Å². The van der Waals surface area contributed by atoms with Crippen molar-refractivity contribution in [2.45, 2.75) is 12.3 Å². The molecule has 0 amide bonds. The molecule has 0 aliphatic heterocycles. The SMILES string of the molecule is Cc1cccc(-c2nc(-c3ccccc3CBr)n(C)n2)c1. The van der Waals surface area contributed by atoms with Gasteiger partial charge in [-0.2, -0.15) is 5.10 Å². The third-order valence-corrected chi connectivity index (χ3v) is 4.05. The molecular weight excluding hydrogens is 326 g/mol. The van der Waals surface area contributed by atoms with Crippen LogP contribution in [0.2, 0.25) is 0 Å². The topological polar surface area (TPSA) is 30.7 Å². The van der Waals surface area contributed by atoms with Gasteiger partial charge in [0.1, 0.15) is 0 Å². The second-order valence-electron chi connectivity index (χ2n) is 5.04. The lowest BCUT2D eigenvalue weighted by atomic mass is 10.1. The largest absolute Gasteiger partial charge is 0.248 e. The van der Waals surface area contributed by atoms with Crippen molar-refractivity contribution in [1.29, 1.82) is 0 Å². The van der Waals surface area contributed by atoms with Gasteiger partial charge in [0, 0.05) is 23.5 Å². The molecule has 3 nitrogen and oxygen atoms in total. The average Bonchev–Trinajstić information content (AvgIpc) is 2.89. The summed E-state index contributed by atoms with van der Waals surface area (Å²) in [7, 11) is 1.94. The van der Waals surface area contributed by atoms with Gasteiger partial charge in [-0.3, -0.25) is 0 Å². The van der Waals surface area contributed by atoms with E-state index < -0.39 is 0 Å². The van der Waals surface area contributed by atoms with Gasteiger partial charge in [-0.05, 0) is 18.6 Å². The second-order valence-corrected chi connectivity index (χ2v) is 5.60. The molecule has 21 heavy (non-hydrogen) atoms. The molecule has 0 radical (unpaired) electrons. The van der Waals surface area contributed by atoms with Crippen LogP contribution < -0.4 is 0 Å². The van der Waals surface area contributed by atoms with Gasteiger partial charge in [0.15, 0.2) is 11.6 Å². The Hall–Kier alpha value is -1.94. The molecule has 0 saturated heterocycles. The molecule has 106 valence electrons. The molecule has 0 spiro atoms. The average molecular weight is 342 g/mol. The Morgan fingerprint density at radius 1 is 1.10 bits per heavy atom. The molecule has 0 atom stereocenters. The summed E-state index contributed by atoms with van der Waals surface area (Å²) < 4.78 is 1.85. The minimum absolute atomic E-state index is 0.764. The molecule has 0 aliphatic carbocycles. The molecule has 1 aromatic heterocycles. The van der Waals surface area contributed by atoms with Crippen LogP contribution in [-0.2, 0) is 12.4 Å². The molecule has 0 saturated carbocycles. The van der Waals surface area contributed by atoms with Crippen molar-refractivity contribution in [3.05, 3.63) is 59.7 Å². The Morgan fingerprint density at radius 2 is 1.90 bits per heavy atom. The van der Waals surface area contributed by atoms with Crippen molar-refractivity contribution in [3.63, 3.8) is 0 Å². The zero-order chi connectivity index (χ0) is 14.8. The lowest BCUT2D eigenvalue weighted by molar-refractivity contribution is 0.776. The zero-order valence-electron chi connectivity index (χ0n) is 12.0. The standard InChI is InChI=1S/C17H16BrN3/c1-12-6-5-8-13(10-12)16-19-17(21(2)20-16)15-9-4-3-7-14(15)11-18/h3-10H,11H2,1-2H3. The van der Waals surface area contributed by atoms with Crippen molar-refractivity contribution in [2.24, 2.45) is 7.05 Å². The molecule has 3 aromatic rings. The van der Waals surface area contributed by atoms with Crippen LogP contribution in [0.25, 0.3) is 22.8 Å². The van der Waals surface area contributed by atoms with Gasteiger partial charge < -0.3 is 0 Å². The maximum atomic E-state index is 4.73. The smallest absolute Gasteiger partial charge is 0.181 e. The van der Waals surface area contributed by atoms with Gasteiger partial charge in [0.2, 0.25) is 0 Å². The van der Waals surface area contributed by atoms with Gasteiger partial charge in [0.05, 0.1) is 0 Å². The van der Waals surface area contributed by atoms with E-state index >= 15 is 0 Å². The lowest BCUT2D eigenvalue weighted by Crippen LogP contribution is -1.96. The van der Waals surface area contributed by atoms with E-state index in [2.05, 4.69) is 52.2 Å². The third kappa shape index (κ3) is 2.76. The van der Waals surface area contributed by atoms with Crippen molar-refractivity contribution in [2.75, 3.05) is 0 Å². The highest BCUT2D eigenvalue weighted by atomic mass is 79.9. The fourth-order valence-corrected chi connectivity index (χ4v) is 2.87. The Kier molecular flexibility index (Phi) is 3.88. The maximum absolute atomic E-state index is 4.73. The summed E-state index contributed by atoms with van der Waals surface area (Å²) in [6, 6.07) is 16.5.